The quantitative estimate of drug-likeness (QED) is 0.335. The minimum Gasteiger partial charge on any atom is -0.493 e. The van der Waals surface area contributed by atoms with E-state index in [0.29, 0.717) is 31.1 Å². The van der Waals surface area contributed by atoms with E-state index < -0.39 is 0 Å². The van der Waals surface area contributed by atoms with E-state index >= 15 is 0 Å². The van der Waals surface area contributed by atoms with Gasteiger partial charge in [0.25, 0.3) is 0 Å². The fourth-order valence-corrected chi connectivity index (χ4v) is 4.80. The van der Waals surface area contributed by atoms with E-state index in [0.717, 1.165) is 27.6 Å². The fraction of sp³-hybridized carbons (Fsp3) is 0.207. The Labute approximate surface area is 198 Å². The van der Waals surface area contributed by atoms with Crippen molar-refractivity contribution in [3.05, 3.63) is 101 Å². The summed E-state index contributed by atoms with van der Waals surface area (Å²) < 4.78 is 24.8. The number of rotatable bonds is 6. The summed E-state index contributed by atoms with van der Waals surface area (Å²) in [4.78, 5) is 14.9. The standard InChI is InChI=1S/C29H26FNO3/c1-3-31-25-14-10-20-6-4-5-7-23(20)29(25)24(17-28(31)32)21-11-15-26(27(16-21)33-2)34-18-19-8-12-22(30)13-9-19/h4-16,24H,3,17-18H2,1-2H3. The molecular formula is C29H26FNO3. The van der Waals surface area contributed by atoms with E-state index in [4.69, 9.17) is 9.47 Å². The van der Waals surface area contributed by atoms with Crippen molar-refractivity contribution in [2.75, 3.05) is 18.6 Å². The van der Waals surface area contributed by atoms with Crippen molar-refractivity contribution in [2.45, 2.75) is 25.9 Å². The molecule has 0 N–H and O–H groups in total. The molecule has 1 atom stereocenters. The molecule has 4 nitrogen and oxygen atoms in total. The molecule has 172 valence electrons. The van der Waals surface area contributed by atoms with Gasteiger partial charge in [-0.05, 0) is 64.7 Å². The molecule has 4 aromatic rings. The number of hydrogen-bond donors (Lipinski definition) is 0. The molecule has 0 spiro atoms. The maximum Gasteiger partial charge on any atom is 0.227 e. The Morgan fingerprint density at radius 3 is 2.53 bits per heavy atom. The normalized spacial score (nSPS) is 15.3. The highest BCUT2D eigenvalue weighted by Crippen LogP contribution is 2.45. The van der Waals surface area contributed by atoms with E-state index in [1.165, 1.54) is 17.7 Å². The van der Waals surface area contributed by atoms with Gasteiger partial charge in [-0.1, -0.05) is 48.5 Å². The molecule has 0 radical (unpaired) electrons. The van der Waals surface area contributed by atoms with Crippen LogP contribution in [0.2, 0.25) is 0 Å². The Hall–Kier alpha value is -3.86. The van der Waals surface area contributed by atoms with Crippen LogP contribution >= 0.6 is 0 Å². The number of anilines is 1. The molecule has 1 heterocycles. The summed E-state index contributed by atoms with van der Waals surface area (Å²) in [6, 6.07) is 24.5. The first kappa shape index (κ1) is 22.0. The van der Waals surface area contributed by atoms with Gasteiger partial charge in [-0.15, -0.1) is 0 Å². The van der Waals surface area contributed by atoms with Gasteiger partial charge in [-0.3, -0.25) is 4.79 Å². The summed E-state index contributed by atoms with van der Waals surface area (Å²) in [5.41, 5.74) is 4.01. The number of carbonyl (C=O) groups excluding carboxylic acids is 1. The monoisotopic (exact) mass is 455 g/mol. The van der Waals surface area contributed by atoms with Gasteiger partial charge in [0, 0.05) is 24.6 Å². The van der Waals surface area contributed by atoms with E-state index in [2.05, 4.69) is 24.3 Å². The van der Waals surface area contributed by atoms with E-state index in [9.17, 15) is 9.18 Å². The van der Waals surface area contributed by atoms with Crippen LogP contribution in [0, 0.1) is 5.82 Å². The van der Waals surface area contributed by atoms with Crippen LogP contribution in [0.15, 0.2) is 78.9 Å². The van der Waals surface area contributed by atoms with E-state index in [1.54, 1.807) is 19.2 Å². The van der Waals surface area contributed by atoms with Gasteiger partial charge in [0.1, 0.15) is 12.4 Å². The largest absolute Gasteiger partial charge is 0.493 e. The van der Waals surface area contributed by atoms with Gasteiger partial charge in [-0.2, -0.15) is 0 Å². The summed E-state index contributed by atoms with van der Waals surface area (Å²) in [6.45, 7) is 2.95. The smallest absolute Gasteiger partial charge is 0.227 e. The molecule has 5 heteroatoms. The van der Waals surface area contributed by atoms with Gasteiger partial charge in [0.2, 0.25) is 5.91 Å². The Bertz CT molecular complexity index is 1350. The van der Waals surface area contributed by atoms with Crippen LogP contribution in [0.3, 0.4) is 0 Å². The molecule has 34 heavy (non-hydrogen) atoms. The third-order valence-corrected chi connectivity index (χ3v) is 6.48. The molecule has 5 rings (SSSR count). The second-order valence-electron chi connectivity index (χ2n) is 8.44. The Morgan fingerprint density at radius 1 is 0.971 bits per heavy atom. The number of hydrogen-bond acceptors (Lipinski definition) is 3. The van der Waals surface area contributed by atoms with Crippen LogP contribution < -0.4 is 14.4 Å². The van der Waals surface area contributed by atoms with Crippen LogP contribution in [0.25, 0.3) is 10.8 Å². The maximum atomic E-state index is 13.2. The van der Waals surface area contributed by atoms with Crippen LogP contribution in [0.1, 0.15) is 36.0 Å². The predicted octanol–water partition coefficient (Wildman–Crippen LogP) is 6.46. The van der Waals surface area contributed by atoms with E-state index in [1.807, 2.05) is 42.2 Å². The molecule has 0 bridgehead atoms. The number of carbonyl (C=O) groups is 1. The first-order chi connectivity index (χ1) is 16.6. The Kier molecular flexibility index (Phi) is 5.93. The lowest BCUT2D eigenvalue weighted by Crippen LogP contribution is -2.36. The number of ether oxygens (including phenoxy) is 2. The molecular weight excluding hydrogens is 429 g/mol. The zero-order valence-electron chi connectivity index (χ0n) is 19.3. The zero-order chi connectivity index (χ0) is 23.7. The van der Waals surface area contributed by atoms with Gasteiger partial charge >= 0.3 is 0 Å². The van der Waals surface area contributed by atoms with Crippen molar-refractivity contribution < 1.29 is 18.7 Å². The second kappa shape index (κ2) is 9.18. The summed E-state index contributed by atoms with van der Waals surface area (Å²) in [6.07, 6.45) is 0.397. The van der Waals surface area contributed by atoms with Crippen molar-refractivity contribution in [2.24, 2.45) is 0 Å². The highest BCUT2D eigenvalue weighted by molar-refractivity contribution is 6.03. The highest BCUT2D eigenvalue weighted by atomic mass is 19.1. The first-order valence-electron chi connectivity index (χ1n) is 11.5. The number of halogens is 1. The number of nitrogens with zero attached hydrogens (tertiary/aromatic N) is 1. The molecule has 4 aromatic carbocycles. The average Bonchev–Trinajstić information content (AvgIpc) is 2.87. The molecule has 0 aromatic heterocycles. The van der Waals surface area contributed by atoms with Crippen molar-refractivity contribution in [1.82, 2.24) is 0 Å². The van der Waals surface area contributed by atoms with Crippen molar-refractivity contribution in [3.63, 3.8) is 0 Å². The molecule has 1 unspecified atom stereocenters. The molecule has 0 aliphatic carbocycles. The maximum absolute atomic E-state index is 13.2. The lowest BCUT2D eigenvalue weighted by Gasteiger charge is -2.35. The molecule has 1 amide bonds. The second-order valence-corrected chi connectivity index (χ2v) is 8.44. The summed E-state index contributed by atoms with van der Waals surface area (Å²) in [5, 5.41) is 2.31. The van der Waals surface area contributed by atoms with Crippen molar-refractivity contribution in [1.29, 1.82) is 0 Å². The SMILES string of the molecule is CCN1C(=O)CC(c2ccc(OCc3ccc(F)cc3)c(OC)c2)c2c1ccc1ccccc21. The summed E-state index contributed by atoms with van der Waals surface area (Å²) in [5.74, 6) is 0.960. The van der Waals surface area contributed by atoms with Gasteiger partial charge in [0.15, 0.2) is 11.5 Å². The Morgan fingerprint density at radius 2 is 1.76 bits per heavy atom. The third-order valence-electron chi connectivity index (χ3n) is 6.48. The van der Waals surface area contributed by atoms with Crippen LogP contribution in [0.4, 0.5) is 10.1 Å². The minimum atomic E-state index is -0.276. The summed E-state index contributed by atoms with van der Waals surface area (Å²) in [7, 11) is 1.61. The lowest BCUT2D eigenvalue weighted by atomic mass is 9.81. The number of benzene rings is 4. The molecule has 0 saturated carbocycles. The van der Waals surface area contributed by atoms with Crippen molar-refractivity contribution in [3.8, 4) is 11.5 Å². The average molecular weight is 456 g/mol. The van der Waals surface area contributed by atoms with E-state index in [-0.39, 0.29) is 17.6 Å². The Balaban J connectivity index is 1.53. The number of fused-ring (bicyclic) bond motifs is 3. The van der Waals surface area contributed by atoms with Crippen LogP contribution in [-0.4, -0.2) is 19.6 Å². The van der Waals surface area contributed by atoms with Crippen molar-refractivity contribution >= 4 is 22.4 Å². The molecule has 0 saturated heterocycles. The molecule has 1 aliphatic rings. The van der Waals surface area contributed by atoms with Gasteiger partial charge in [0.05, 0.1) is 7.11 Å². The van der Waals surface area contributed by atoms with Crippen LogP contribution in [0.5, 0.6) is 11.5 Å². The third kappa shape index (κ3) is 3.98. The topological polar surface area (TPSA) is 38.8 Å². The highest BCUT2D eigenvalue weighted by Gasteiger charge is 2.33. The molecule has 0 fully saturated rings. The lowest BCUT2D eigenvalue weighted by molar-refractivity contribution is -0.119. The zero-order valence-corrected chi connectivity index (χ0v) is 19.3. The predicted molar refractivity (Wildman–Crippen MR) is 132 cm³/mol. The number of amides is 1. The summed E-state index contributed by atoms with van der Waals surface area (Å²) >= 11 is 0. The first-order valence-corrected chi connectivity index (χ1v) is 11.5. The van der Waals surface area contributed by atoms with Gasteiger partial charge in [-0.25, -0.2) is 4.39 Å². The van der Waals surface area contributed by atoms with Gasteiger partial charge < -0.3 is 14.4 Å². The van der Waals surface area contributed by atoms with Crippen LogP contribution in [-0.2, 0) is 11.4 Å². The molecule has 1 aliphatic heterocycles. The number of methoxy groups -OCH3 is 1. The fourth-order valence-electron chi connectivity index (χ4n) is 4.80. The minimum absolute atomic E-state index is 0.0866.